The van der Waals surface area contributed by atoms with E-state index in [4.69, 9.17) is 0 Å². The monoisotopic (exact) mass is 339 g/mol. The summed E-state index contributed by atoms with van der Waals surface area (Å²) in [7, 11) is 0. The van der Waals surface area contributed by atoms with Gasteiger partial charge >= 0.3 is 0 Å². The van der Waals surface area contributed by atoms with Crippen LogP contribution in [0.2, 0.25) is 0 Å². The first-order valence-corrected chi connectivity index (χ1v) is 0. The van der Waals surface area contributed by atoms with Gasteiger partial charge in [-0.3, -0.25) is 0 Å². The van der Waals surface area contributed by atoms with Gasteiger partial charge in [0, 0.05) is 64.6 Å². The van der Waals surface area contributed by atoms with Crippen molar-refractivity contribution in [2.45, 2.75) is 0 Å². The molecular weight excluding hydrogens is 335 g/mol. The summed E-state index contributed by atoms with van der Waals surface area (Å²) in [5.74, 6) is 0. The van der Waals surface area contributed by atoms with Crippen LogP contribution in [0.3, 0.4) is 0 Å². The Morgan fingerprint density at radius 2 is 1.00 bits per heavy atom. The second kappa shape index (κ2) is 36.7. The molecule has 0 amide bonds. The second-order valence-electron chi connectivity index (χ2n) is 0. The van der Waals surface area contributed by atoms with Crippen LogP contribution in [-0.2, 0) is 56.2 Å². The quantitative estimate of drug-likeness (QED) is 0.456. The summed E-state index contributed by atoms with van der Waals surface area (Å²) < 4.78 is 0. The van der Waals surface area contributed by atoms with Crippen molar-refractivity contribution in [1.29, 1.82) is 0 Å². The minimum atomic E-state index is 0. The van der Waals surface area contributed by atoms with E-state index < -0.39 is 0 Å². The maximum atomic E-state index is 0. The fraction of sp³-hybridized carbons (Fsp3) is 0. The van der Waals surface area contributed by atoms with Gasteiger partial charge in [-0.1, -0.05) is 0 Å². The Morgan fingerprint density at radius 3 is 1.00 bits per heavy atom. The molecule has 0 aliphatic carbocycles. The van der Waals surface area contributed by atoms with Crippen LogP contribution in [0.1, 0.15) is 0 Å². The van der Waals surface area contributed by atoms with Crippen molar-refractivity contribution in [3.63, 3.8) is 0 Å². The van der Waals surface area contributed by atoms with E-state index in [1.54, 1.807) is 0 Å². The summed E-state index contributed by atoms with van der Waals surface area (Å²) >= 11 is 0. The predicted molar refractivity (Wildman–Crippen MR) is 17.1 cm³/mol. The van der Waals surface area contributed by atoms with Gasteiger partial charge in [-0.2, -0.15) is 0 Å². The predicted octanol–water partition coefficient (Wildman–Crippen LogP) is -1.84. The standard InChI is InChI=1S/B.Co.Fe.H4Si.Ta/h;;;1H4;. The van der Waals surface area contributed by atoms with Crippen molar-refractivity contribution in [2.75, 3.05) is 0 Å². The van der Waals surface area contributed by atoms with Crippen LogP contribution in [0.15, 0.2) is 0 Å². The molecule has 5 heteroatoms. The first-order valence-electron chi connectivity index (χ1n) is 0. The number of rotatable bonds is 0. The molecule has 0 aromatic rings. The van der Waals surface area contributed by atoms with Crippen LogP contribution in [0.5, 0.6) is 0 Å². The zero-order valence-electron chi connectivity index (χ0n) is 1.71. The molecule has 5 radical (unpaired) electrons. The molecule has 0 fully saturated rings. The van der Waals surface area contributed by atoms with Crippen molar-refractivity contribution >= 4 is 19.4 Å². The molecule has 0 spiro atoms. The zero-order valence-corrected chi connectivity index (χ0v) is 7.07. The minimum Gasteiger partial charge on any atom is -0.0149 e. The van der Waals surface area contributed by atoms with E-state index in [0.29, 0.717) is 0 Å². The van der Waals surface area contributed by atoms with E-state index in [0.717, 1.165) is 0 Å². The van der Waals surface area contributed by atoms with E-state index in [1.165, 1.54) is 0 Å². The van der Waals surface area contributed by atoms with Crippen molar-refractivity contribution in [3.8, 4) is 0 Å². The molecule has 0 N–H and O–H groups in total. The van der Waals surface area contributed by atoms with Gasteiger partial charge in [0.15, 0.2) is 0 Å². The molecule has 0 rings (SSSR count). The first-order chi connectivity index (χ1) is 0. The van der Waals surface area contributed by atoms with Gasteiger partial charge in [-0.05, 0) is 11.0 Å². The molecule has 33 valence electrons. The number of hydrogen-bond acceptors (Lipinski definition) is 0. The SMILES string of the molecule is [B].[Co].[Fe].[SiH4].[Ta]. The molecule has 5 heavy (non-hydrogen) atoms. The summed E-state index contributed by atoms with van der Waals surface area (Å²) in [6.07, 6.45) is 0. The molecule has 0 aliphatic heterocycles. The van der Waals surface area contributed by atoms with Gasteiger partial charge in [0.25, 0.3) is 0 Å². The van der Waals surface area contributed by atoms with E-state index in [-0.39, 0.29) is 75.6 Å². The second-order valence-corrected chi connectivity index (χ2v) is 0. The normalized spacial score (nSPS) is 0. The Hall–Kier alpha value is 2.05. The summed E-state index contributed by atoms with van der Waals surface area (Å²) in [5, 5.41) is 0. The van der Waals surface area contributed by atoms with Crippen molar-refractivity contribution in [1.82, 2.24) is 0 Å². The van der Waals surface area contributed by atoms with Crippen LogP contribution in [0.4, 0.5) is 0 Å². The van der Waals surface area contributed by atoms with E-state index in [2.05, 4.69) is 0 Å². The topological polar surface area (TPSA) is 0 Å². The van der Waals surface area contributed by atoms with Gasteiger partial charge < -0.3 is 0 Å². The third-order valence-electron chi connectivity index (χ3n) is 0. The van der Waals surface area contributed by atoms with Gasteiger partial charge in [-0.25, -0.2) is 0 Å². The van der Waals surface area contributed by atoms with E-state index >= 15 is 0 Å². The summed E-state index contributed by atoms with van der Waals surface area (Å²) in [4.78, 5) is 0. The van der Waals surface area contributed by atoms with Crippen molar-refractivity contribution in [2.24, 2.45) is 0 Å². The van der Waals surface area contributed by atoms with Crippen LogP contribution in [0.25, 0.3) is 0 Å². The van der Waals surface area contributed by atoms with Crippen LogP contribution >= 0.6 is 0 Å². The van der Waals surface area contributed by atoms with E-state index in [9.17, 15) is 0 Å². The van der Waals surface area contributed by atoms with Gasteiger partial charge in [0.05, 0.1) is 0 Å². The summed E-state index contributed by atoms with van der Waals surface area (Å²) in [6, 6.07) is 0. The van der Waals surface area contributed by atoms with Crippen LogP contribution in [-0.4, -0.2) is 19.4 Å². The Labute approximate surface area is 75.0 Å². The van der Waals surface area contributed by atoms with Gasteiger partial charge in [0.2, 0.25) is 0 Å². The largest absolute Gasteiger partial charge is 0.0149 e. The summed E-state index contributed by atoms with van der Waals surface area (Å²) in [5.41, 5.74) is 0. The molecule has 0 aromatic carbocycles. The molecule has 0 aliphatic rings. The van der Waals surface area contributed by atoms with Crippen molar-refractivity contribution < 1.29 is 56.2 Å². The molecular formula is H4BCoFeSiTa. The van der Waals surface area contributed by atoms with Crippen LogP contribution < -0.4 is 0 Å². The fourth-order valence-electron chi connectivity index (χ4n) is 0. The average molecular weight is 339 g/mol. The first kappa shape index (κ1) is 61.5. The maximum absolute atomic E-state index is 0. The smallest absolute Gasteiger partial charge is 0 e. The molecule has 0 aromatic heterocycles. The molecule has 0 saturated heterocycles. The van der Waals surface area contributed by atoms with Crippen LogP contribution in [0, 0.1) is 0 Å². The molecule has 0 unspecified atom stereocenters. The fourth-order valence-corrected chi connectivity index (χ4v) is 0. The third-order valence-corrected chi connectivity index (χ3v) is 0. The van der Waals surface area contributed by atoms with Gasteiger partial charge in [0.1, 0.15) is 0 Å². The Morgan fingerprint density at radius 1 is 1.00 bits per heavy atom. The zero-order chi connectivity index (χ0) is 0. The minimum absolute atomic E-state index is 0. The average Bonchev–Trinajstić information content (AvgIpc) is 0. The van der Waals surface area contributed by atoms with Crippen molar-refractivity contribution in [3.05, 3.63) is 0 Å². The summed E-state index contributed by atoms with van der Waals surface area (Å²) in [6.45, 7) is 0. The third kappa shape index (κ3) is 23.6. The number of hydrogen-bond donors (Lipinski definition) is 0. The molecule has 0 heterocycles. The Balaban J connectivity index is 0. The molecule has 0 bridgehead atoms. The molecule has 0 saturated carbocycles. The molecule has 0 atom stereocenters. The van der Waals surface area contributed by atoms with Gasteiger partial charge in [-0.15, -0.1) is 0 Å². The molecule has 0 nitrogen and oxygen atoms in total. The Bertz CT molecular complexity index is 11.6. The maximum Gasteiger partial charge on any atom is 0 e. The Kier molecular flexibility index (Phi) is 452. The van der Waals surface area contributed by atoms with E-state index in [1.807, 2.05) is 0 Å².